The third-order valence-corrected chi connectivity index (χ3v) is 5.47. The molecule has 17 heavy (non-hydrogen) atoms. The minimum Gasteiger partial charge on any atom is -0.458 e. The fourth-order valence-corrected chi connectivity index (χ4v) is 5.05. The molecule has 0 saturated heterocycles. The van der Waals surface area contributed by atoms with Crippen molar-refractivity contribution in [1.82, 2.24) is 0 Å². The Morgan fingerprint density at radius 1 is 1.35 bits per heavy atom. The minimum absolute atomic E-state index is 0.172. The van der Waals surface area contributed by atoms with E-state index in [1.165, 1.54) is 38.2 Å². The summed E-state index contributed by atoms with van der Waals surface area (Å²) in [5, 5.41) is 0. The van der Waals surface area contributed by atoms with Crippen LogP contribution in [-0.4, -0.2) is 12.1 Å². The third kappa shape index (κ3) is 1.64. The van der Waals surface area contributed by atoms with Crippen LogP contribution in [0, 0.1) is 23.2 Å². The van der Waals surface area contributed by atoms with Crippen molar-refractivity contribution in [2.75, 3.05) is 0 Å². The van der Waals surface area contributed by atoms with Gasteiger partial charge in [0.25, 0.3) is 0 Å². The number of carbonyl (C=O) groups excluding carboxylic acids is 1. The lowest BCUT2D eigenvalue weighted by molar-refractivity contribution is -0.190. The Balaban J connectivity index is 1.86. The first-order valence-corrected chi connectivity index (χ1v) is 7.00. The molecule has 4 aliphatic rings. The van der Waals surface area contributed by atoms with Gasteiger partial charge < -0.3 is 4.74 Å². The molecule has 3 unspecified atom stereocenters. The number of carbonyl (C=O) groups is 1. The number of ether oxygens (including phenoxy) is 1. The van der Waals surface area contributed by atoms with E-state index < -0.39 is 0 Å². The number of hydrogen-bond donors (Lipinski definition) is 0. The number of rotatable bonds is 3. The average molecular weight is 234 g/mol. The van der Waals surface area contributed by atoms with Crippen LogP contribution in [0.5, 0.6) is 0 Å². The van der Waals surface area contributed by atoms with Crippen LogP contribution < -0.4 is 0 Å². The van der Waals surface area contributed by atoms with Crippen LogP contribution in [0.4, 0.5) is 0 Å². The second kappa shape index (κ2) is 3.86. The zero-order chi connectivity index (χ0) is 12.0. The monoisotopic (exact) mass is 234 g/mol. The highest BCUT2D eigenvalue weighted by atomic mass is 16.5. The summed E-state index contributed by atoms with van der Waals surface area (Å²) in [4.78, 5) is 11.5. The Labute approximate surface area is 103 Å². The predicted octanol–water partition coefficient (Wildman–Crippen LogP) is 3.32. The molecule has 0 spiro atoms. The first-order valence-electron chi connectivity index (χ1n) is 7.00. The fourth-order valence-electron chi connectivity index (χ4n) is 5.05. The van der Waals surface area contributed by atoms with Gasteiger partial charge in [0.05, 0.1) is 0 Å². The molecular weight excluding hydrogens is 212 g/mol. The molecule has 4 fully saturated rings. The van der Waals surface area contributed by atoms with Crippen LogP contribution in [0.1, 0.15) is 45.4 Å². The molecule has 3 atom stereocenters. The molecule has 4 aliphatic carbocycles. The molecule has 2 nitrogen and oxygen atoms in total. The summed E-state index contributed by atoms with van der Waals surface area (Å²) in [7, 11) is 0. The first kappa shape index (κ1) is 11.3. The highest BCUT2D eigenvalue weighted by Gasteiger charge is 2.57. The highest BCUT2D eigenvalue weighted by Crippen LogP contribution is 2.62. The maximum Gasteiger partial charge on any atom is 0.330 e. The molecule has 0 amide bonds. The van der Waals surface area contributed by atoms with Crippen molar-refractivity contribution in [2.45, 2.75) is 51.6 Å². The smallest absolute Gasteiger partial charge is 0.330 e. The molecule has 0 N–H and O–H groups in total. The third-order valence-electron chi connectivity index (χ3n) is 5.47. The molecule has 0 aromatic carbocycles. The lowest BCUT2D eigenvalue weighted by atomic mass is 9.47. The van der Waals surface area contributed by atoms with E-state index >= 15 is 0 Å². The lowest BCUT2D eigenvalue weighted by Gasteiger charge is -2.60. The Hall–Kier alpha value is -0.790. The molecular formula is C15H22O2. The van der Waals surface area contributed by atoms with E-state index in [2.05, 4.69) is 13.5 Å². The van der Waals surface area contributed by atoms with Gasteiger partial charge in [0.1, 0.15) is 6.10 Å². The molecule has 0 aliphatic heterocycles. The highest BCUT2D eigenvalue weighted by molar-refractivity contribution is 5.81. The van der Waals surface area contributed by atoms with Gasteiger partial charge in [-0.25, -0.2) is 4.79 Å². The molecule has 0 radical (unpaired) electrons. The zero-order valence-corrected chi connectivity index (χ0v) is 10.7. The summed E-state index contributed by atoms with van der Waals surface area (Å²) in [6.45, 7) is 5.78. The van der Waals surface area contributed by atoms with E-state index in [0.29, 0.717) is 11.3 Å². The molecule has 94 valence electrons. The van der Waals surface area contributed by atoms with Gasteiger partial charge in [-0.3, -0.25) is 0 Å². The molecule has 0 heterocycles. The molecule has 4 bridgehead atoms. The molecule has 0 aromatic rings. The van der Waals surface area contributed by atoms with Crippen molar-refractivity contribution in [2.24, 2.45) is 23.2 Å². The van der Waals surface area contributed by atoms with E-state index in [-0.39, 0.29) is 12.1 Å². The van der Waals surface area contributed by atoms with E-state index in [1.54, 1.807) is 0 Å². The summed E-state index contributed by atoms with van der Waals surface area (Å²) < 4.78 is 5.71. The summed E-state index contributed by atoms with van der Waals surface area (Å²) in [6.07, 6.45) is 9.21. The second-order valence-corrected chi connectivity index (χ2v) is 6.39. The van der Waals surface area contributed by atoms with E-state index in [4.69, 9.17) is 4.74 Å². The largest absolute Gasteiger partial charge is 0.458 e. The van der Waals surface area contributed by atoms with Crippen molar-refractivity contribution in [3.05, 3.63) is 12.7 Å². The van der Waals surface area contributed by atoms with Crippen LogP contribution in [-0.2, 0) is 9.53 Å². The van der Waals surface area contributed by atoms with Gasteiger partial charge in [-0.2, -0.15) is 0 Å². The SMILES string of the molecule is C=CC(=O)OC1C2CC3CC(C2)CC1(CC)C3. The van der Waals surface area contributed by atoms with Crippen molar-refractivity contribution in [1.29, 1.82) is 0 Å². The predicted molar refractivity (Wildman–Crippen MR) is 66.4 cm³/mol. The zero-order valence-electron chi connectivity index (χ0n) is 10.7. The summed E-state index contributed by atoms with van der Waals surface area (Å²) in [6, 6.07) is 0. The van der Waals surface area contributed by atoms with E-state index in [1.807, 2.05) is 0 Å². The second-order valence-electron chi connectivity index (χ2n) is 6.39. The van der Waals surface area contributed by atoms with Crippen molar-refractivity contribution in [3.63, 3.8) is 0 Å². The maximum atomic E-state index is 11.5. The van der Waals surface area contributed by atoms with Gasteiger partial charge in [0.15, 0.2) is 0 Å². The van der Waals surface area contributed by atoms with Gasteiger partial charge in [-0.1, -0.05) is 13.5 Å². The average Bonchev–Trinajstić information content (AvgIpc) is 2.32. The molecule has 4 saturated carbocycles. The van der Waals surface area contributed by atoms with Gasteiger partial charge in [0, 0.05) is 11.5 Å². The molecule has 4 rings (SSSR count). The standard InChI is InChI=1S/C15H22O2/c1-3-13(16)17-14-12-6-10-5-11(7-12)9-15(14,4-2)8-10/h3,10-12,14H,1,4-9H2,2H3. The van der Waals surface area contributed by atoms with Crippen molar-refractivity contribution in [3.8, 4) is 0 Å². The van der Waals surface area contributed by atoms with Gasteiger partial charge in [-0.15, -0.1) is 0 Å². The van der Waals surface area contributed by atoms with Gasteiger partial charge >= 0.3 is 5.97 Å². The maximum absolute atomic E-state index is 11.5. The Kier molecular flexibility index (Phi) is 2.57. The van der Waals surface area contributed by atoms with Crippen LogP contribution >= 0.6 is 0 Å². The van der Waals surface area contributed by atoms with Gasteiger partial charge in [-0.05, 0) is 56.3 Å². The topological polar surface area (TPSA) is 26.3 Å². The van der Waals surface area contributed by atoms with Crippen LogP contribution in [0.15, 0.2) is 12.7 Å². The Morgan fingerprint density at radius 3 is 2.53 bits per heavy atom. The normalized spacial score (nSPS) is 46.9. The quantitative estimate of drug-likeness (QED) is 0.553. The summed E-state index contributed by atoms with van der Waals surface area (Å²) >= 11 is 0. The summed E-state index contributed by atoms with van der Waals surface area (Å²) in [5.74, 6) is 2.22. The Morgan fingerprint density at radius 2 is 2.00 bits per heavy atom. The van der Waals surface area contributed by atoms with Crippen molar-refractivity contribution < 1.29 is 9.53 Å². The van der Waals surface area contributed by atoms with Gasteiger partial charge in [0.2, 0.25) is 0 Å². The Bertz CT molecular complexity index is 333. The van der Waals surface area contributed by atoms with Crippen LogP contribution in [0.2, 0.25) is 0 Å². The number of esters is 1. The van der Waals surface area contributed by atoms with Crippen LogP contribution in [0.3, 0.4) is 0 Å². The number of hydrogen-bond acceptors (Lipinski definition) is 2. The van der Waals surface area contributed by atoms with Crippen molar-refractivity contribution >= 4 is 5.97 Å². The van der Waals surface area contributed by atoms with E-state index in [9.17, 15) is 4.79 Å². The molecule has 0 aromatic heterocycles. The van der Waals surface area contributed by atoms with E-state index in [0.717, 1.165) is 18.3 Å². The lowest BCUT2D eigenvalue weighted by Crippen LogP contribution is -2.57. The molecule has 2 heteroatoms. The van der Waals surface area contributed by atoms with Crippen LogP contribution in [0.25, 0.3) is 0 Å². The minimum atomic E-state index is -0.227. The first-order chi connectivity index (χ1) is 8.16. The fraction of sp³-hybridized carbons (Fsp3) is 0.800. The summed E-state index contributed by atoms with van der Waals surface area (Å²) in [5.41, 5.74) is 0.299.